The van der Waals surface area contributed by atoms with Crippen LogP contribution in [0.25, 0.3) is 10.1 Å². The molecule has 0 spiro atoms. The highest BCUT2D eigenvalue weighted by Gasteiger charge is 2.56. The van der Waals surface area contributed by atoms with Gasteiger partial charge in [0.1, 0.15) is 11.7 Å². The summed E-state index contributed by atoms with van der Waals surface area (Å²) in [6, 6.07) is 5.40. The van der Waals surface area contributed by atoms with Gasteiger partial charge in [-0.1, -0.05) is 18.2 Å². The Kier molecular flexibility index (Phi) is 6.30. The number of aromatic nitrogens is 1. The molecule has 25 heavy (non-hydrogen) atoms. The molecule has 2 unspecified atom stereocenters. The van der Waals surface area contributed by atoms with Gasteiger partial charge in [0.15, 0.2) is 0 Å². The van der Waals surface area contributed by atoms with Crippen molar-refractivity contribution < 1.29 is 28.2 Å². The number of hydrogen-bond donors (Lipinski definition) is 3. The maximum atomic E-state index is 13.5. The van der Waals surface area contributed by atoms with Crippen LogP contribution in [-0.4, -0.2) is 44.3 Å². The number of halogens is 3. The van der Waals surface area contributed by atoms with Crippen molar-refractivity contribution in [2.45, 2.75) is 30.7 Å². The number of carboxylic acids is 1. The highest BCUT2D eigenvalue weighted by atomic mass is 32.2. The van der Waals surface area contributed by atoms with Crippen molar-refractivity contribution in [2.24, 2.45) is 5.73 Å². The lowest BCUT2D eigenvalue weighted by molar-refractivity contribution is -0.268. The lowest BCUT2D eigenvalue weighted by Crippen LogP contribution is -2.43. The van der Waals surface area contributed by atoms with Gasteiger partial charge in [-0.15, -0.1) is 0 Å². The standard InChI is InChI=1S/C15H17F3N2O3S2/c16-15(17,18)14(23,6-8-24-7-5-10(19)13(21)22)12-9-3-1-2-4-11(9)25-20-12/h1-4,10,23H,5-8,19H2,(H,21,22). The van der Waals surface area contributed by atoms with Gasteiger partial charge in [0.2, 0.25) is 5.60 Å². The third kappa shape index (κ3) is 4.43. The quantitative estimate of drug-likeness (QED) is 0.596. The van der Waals surface area contributed by atoms with Gasteiger partial charge >= 0.3 is 12.1 Å². The van der Waals surface area contributed by atoms with Crippen LogP contribution < -0.4 is 5.73 Å². The number of aliphatic hydroxyl groups is 1. The van der Waals surface area contributed by atoms with Crippen LogP contribution in [0.5, 0.6) is 0 Å². The minimum Gasteiger partial charge on any atom is -0.480 e. The van der Waals surface area contributed by atoms with Gasteiger partial charge in [0.25, 0.3) is 0 Å². The second kappa shape index (κ2) is 7.90. The van der Waals surface area contributed by atoms with E-state index >= 15 is 0 Å². The average molecular weight is 394 g/mol. The molecular formula is C15H17F3N2O3S2. The molecule has 0 amide bonds. The zero-order chi connectivity index (χ0) is 18.7. The van der Waals surface area contributed by atoms with Crippen molar-refractivity contribution in [3.8, 4) is 0 Å². The molecule has 0 aliphatic heterocycles. The van der Waals surface area contributed by atoms with Crippen molar-refractivity contribution in [2.75, 3.05) is 11.5 Å². The van der Waals surface area contributed by atoms with E-state index in [9.17, 15) is 23.1 Å². The van der Waals surface area contributed by atoms with E-state index in [1.807, 2.05) is 0 Å². The van der Waals surface area contributed by atoms with Crippen LogP contribution in [0, 0.1) is 0 Å². The number of nitrogens with two attached hydrogens (primary N) is 1. The Hall–Kier alpha value is -1.36. The molecule has 1 heterocycles. The second-order valence-electron chi connectivity index (χ2n) is 5.48. The predicted molar refractivity (Wildman–Crippen MR) is 91.7 cm³/mol. The minimum absolute atomic E-state index is 0.00575. The lowest BCUT2D eigenvalue weighted by Gasteiger charge is -2.29. The number of hydrogen-bond acceptors (Lipinski definition) is 6. The van der Waals surface area contributed by atoms with E-state index in [4.69, 9.17) is 10.8 Å². The van der Waals surface area contributed by atoms with Crippen LogP contribution in [0.4, 0.5) is 13.2 Å². The number of alkyl halides is 3. The van der Waals surface area contributed by atoms with E-state index in [2.05, 4.69) is 4.37 Å². The number of nitrogens with zero attached hydrogens (tertiary/aromatic N) is 1. The molecule has 0 bridgehead atoms. The molecule has 2 atom stereocenters. The molecule has 138 valence electrons. The first-order valence-corrected chi connectivity index (χ1v) is 9.30. The van der Waals surface area contributed by atoms with Crippen molar-refractivity contribution in [1.82, 2.24) is 4.37 Å². The third-order valence-corrected chi connectivity index (χ3v) is 5.58. The first-order valence-electron chi connectivity index (χ1n) is 7.37. The van der Waals surface area contributed by atoms with Crippen molar-refractivity contribution >= 4 is 39.3 Å². The summed E-state index contributed by atoms with van der Waals surface area (Å²) >= 11 is 2.03. The number of aliphatic carboxylic acids is 1. The average Bonchev–Trinajstić information content (AvgIpc) is 2.97. The van der Waals surface area contributed by atoms with Crippen molar-refractivity contribution in [3.63, 3.8) is 0 Å². The largest absolute Gasteiger partial charge is 0.480 e. The molecule has 10 heteroatoms. The van der Waals surface area contributed by atoms with E-state index in [1.165, 1.54) is 6.07 Å². The van der Waals surface area contributed by atoms with Crippen LogP contribution >= 0.6 is 23.3 Å². The van der Waals surface area contributed by atoms with E-state index in [0.29, 0.717) is 10.5 Å². The minimum atomic E-state index is -4.87. The summed E-state index contributed by atoms with van der Waals surface area (Å²) in [5.74, 6) is -0.866. The molecule has 1 aromatic heterocycles. The molecule has 0 aliphatic rings. The van der Waals surface area contributed by atoms with E-state index in [-0.39, 0.29) is 23.3 Å². The zero-order valence-electron chi connectivity index (χ0n) is 13.0. The van der Waals surface area contributed by atoms with Gasteiger partial charge in [-0.3, -0.25) is 4.79 Å². The monoisotopic (exact) mass is 394 g/mol. The van der Waals surface area contributed by atoms with Gasteiger partial charge < -0.3 is 15.9 Å². The molecule has 0 saturated carbocycles. The Morgan fingerprint density at radius 1 is 1.32 bits per heavy atom. The van der Waals surface area contributed by atoms with E-state index in [1.54, 1.807) is 18.2 Å². The van der Waals surface area contributed by atoms with E-state index in [0.717, 1.165) is 23.3 Å². The molecule has 2 rings (SSSR count). The Morgan fingerprint density at radius 3 is 2.64 bits per heavy atom. The first kappa shape index (κ1) is 20.0. The van der Waals surface area contributed by atoms with Crippen LogP contribution in [0.2, 0.25) is 0 Å². The summed E-state index contributed by atoms with van der Waals surface area (Å²) in [5, 5.41) is 19.3. The molecule has 0 radical (unpaired) electrons. The van der Waals surface area contributed by atoms with Crippen LogP contribution in [0.15, 0.2) is 24.3 Å². The molecule has 4 N–H and O–H groups in total. The van der Waals surface area contributed by atoms with Crippen LogP contribution in [0.3, 0.4) is 0 Å². The highest BCUT2D eigenvalue weighted by Crippen LogP contribution is 2.44. The molecular weight excluding hydrogens is 377 g/mol. The Labute approximate surface area is 150 Å². The maximum absolute atomic E-state index is 13.5. The number of rotatable bonds is 8. The molecule has 5 nitrogen and oxygen atoms in total. The number of thioether (sulfide) groups is 1. The van der Waals surface area contributed by atoms with Crippen LogP contribution in [0.1, 0.15) is 18.5 Å². The summed E-state index contributed by atoms with van der Waals surface area (Å²) in [7, 11) is 0. The number of fused-ring (bicyclic) bond motifs is 1. The topological polar surface area (TPSA) is 96.4 Å². The van der Waals surface area contributed by atoms with Gasteiger partial charge in [-0.2, -0.15) is 29.3 Å². The van der Waals surface area contributed by atoms with Gasteiger partial charge in [0.05, 0.1) is 4.70 Å². The van der Waals surface area contributed by atoms with Crippen molar-refractivity contribution in [1.29, 1.82) is 0 Å². The second-order valence-corrected chi connectivity index (χ2v) is 7.51. The fourth-order valence-electron chi connectivity index (χ4n) is 2.23. The number of benzene rings is 1. The summed E-state index contributed by atoms with van der Waals surface area (Å²) in [6.07, 6.45) is -5.30. The van der Waals surface area contributed by atoms with Gasteiger partial charge in [-0.25, -0.2) is 0 Å². The molecule has 0 fully saturated rings. The van der Waals surface area contributed by atoms with Gasteiger partial charge in [-0.05, 0) is 41.9 Å². The fourth-order valence-corrected chi connectivity index (χ4v) is 4.14. The molecule has 0 saturated heterocycles. The number of carboxylic acid groups (broad SMARTS) is 1. The predicted octanol–water partition coefficient (Wildman–Crippen LogP) is 2.97. The fraction of sp³-hybridized carbons (Fsp3) is 0.467. The Morgan fingerprint density at radius 2 is 2.00 bits per heavy atom. The Balaban J connectivity index is 2.10. The normalized spacial score (nSPS) is 15.9. The first-order chi connectivity index (χ1) is 11.7. The Bertz CT molecular complexity index is 738. The number of carbonyl (C=O) groups is 1. The highest BCUT2D eigenvalue weighted by molar-refractivity contribution is 7.99. The van der Waals surface area contributed by atoms with E-state index < -0.39 is 30.2 Å². The maximum Gasteiger partial charge on any atom is 0.423 e. The third-order valence-electron chi connectivity index (χ3n) is 3.74. The summed E-state index contributed by atoms with van der Waals surface area (Å²) < 4.78 is 45.1. The lowest BCUT2D eigenvalue weighted by atomic mass is 9.93. The summed E-state index contributed by atoms with van der Waals surface area (Å²) in [4.78, 5) is 10.6. The molecule has 2 aromatic rings. The smallest absolute Gasteiger partial charge is 0.423 e. The molecule has 1 aromatic carbocycles. The van der Waals surface area contributed by atoms with Crippen molar-refractivity contribution in [3.05, 3.63) is 30.0 Å². The summed E-state index contributed by atoms with van der Waals surface area (Å²) in [5.41, 5.74) is 1.91. The van der Waals surface area contributed by atoms with Crippen LogP contribution in [-0.2, 0) is 10.4 Å². The van der Waals surface area contributed by atoms with Gasteiger partial charge in [0, 0.05) is 5.39 Å². The SMILES string of the molecule is NC(CCSCCC(O)(c1nsc2ccccc12)C(F)(F)F)C(=O)O. The molecule has 0 aliphatic carbocycles. The zero-order valence-corrected chi connectivity index (χ0v) is 14.6. The summed E-state index contributed by atoms with van der Waals surface area (Å²) in [6.45, 7) is 0.